The molecular formula is C15H19NO2. The number of hydrogen-bond acceptors (Lipinski definition) is 2. The maximum absolute atomic E-state index is 12.0. The van der Waals surface area contributed by atoms with E-state index in [4.69, 9.17) is 4.74 Å². The molecule has 0 saturated carbocycles. The van der Waals surface area contributed by atoms with E-state index in [1.807, 2.05) is 48.2 Å². The molecule has 0 aromatic heterocycles. The molecule has 3 heteroatoms. The number of carbonyl (C=O) groups excluding carboxylic acids is 1. The maximum Gasteiger partial charge on any atom is 0.410 e. The van der Waals surface area contributed by atoms with Crippen LogP contribution in [-0.4, -0.2) is 23.6 Å². The van der Waals surface area contributed by atoms with Crippen LogP contribution in [0.15, 0.2) is 42.5 Å². The normalized spacial score (nSPS) is 19.4. The quantitative estimate of drug-likeness (QED) is 0.764. The molecule has 0 aliphatic carbocycles. The highest BCUT2D eigenvalue weighted by Gasteiger charge is 2.27. The minimum atomic E-state index is -0.209. The van der Waals surface area contributed by atoms with Gasteiger partial charge in [-0.05, 0) is 25.3 Å². The van der Waals surface area contributed by atoms with Crippen molar-refractivity contribution in [3.63, 3.8) is 0 Å². The molecular weight excluding hydrogens is 226 g/mol. The monoisotopic (exact) mass is 245 g/mol. The zero-order valence-electron chi connectivity index (χ0n) is 10.7. The fourth-order valence-electron chi connectivity index (χ4n) is 2.24. The second kappa shape index (κ2) is 6.24. The first-order valence-corrected chi connectivity index (χ1v) is 6.41. The minimum absolute atomic E-state index is 0.207. The predicted molar refractivity (Wildman–Crippen MR) is 71.2 cm³/mol. The van der Waals surface area contributed by atoms with Gasteiger partial charge < -0.3 is 9.64 Å². The molecule has 1 fully saturated rings. The Hall–Kier alpha value is -1.77. The molecule has 2 rings (SSSR count). The van der Waals surface area contributed by atoms with Gasteiger partial charge in [0.25, 0.3) is 0 Å². The summed E-state index contributed by atoms with van der Waals surface area (Å²) in [5.74, 6) is 0. The molecule has 1 heterocycles. The SMILES string of the molecule is CC=C[C@H]1CCCN1C(=O)OCc1ccccc1. The molecule has 1 aromatic carbocycles. The van der Waals surface area contributed by atoms with Crippen molar-refractivity contribution in [1.82, 2.24) is 4.90 Å². The number of hydrogen-bond donors (Lipinski definition) is 0. The predicted octanol–water partition coefficient (Wildman–Crippen LogP) is 3.36. The fourth-order valence-corrected chi connectivity index (χ4v) is 2.24. The number of carbonyl (C=O) groups is 1. The molecule has 1 saturated heterocycles. The van der Waals surface area contributed by atoms with E-state index in [1.54, 1.807) is 0 Å². The largest absolute Gasteiger partial charge is 0.445 e. The van der Waals surface area contributed by atoms with E-state index in [0.717, 1.165) is 24.9 Å². The van der Waals surface area contributed by atoms with Gasteiger partial charge in [-0.1, -0.05) is 42.5 Å². The summed E-state index contributed by atoms with van der Waals surface area (Å²) in [5.41, 5.74) is 1.02. The van der Waals surface area contributed by atoms with Crippen LogP contribution in [0.5, 0.6) is 0 Å². The Balaban J connectivity index is 1.88. The summed E-state index contributed by atoms with van der Waals surface area (Å²) in [5, 5.41) is 0. The molecule has 96 valence electrons. The van der Waals surface area contributed by atoms with Gasteiger partial charge in [0.2, 0.25) is 0 Å². The molecule has 3 nitrogen and oxygen atoms in total. The van der Waals surface area contributed by atoms with Crippen LogP contribution in [0.2, 0.25) is 0 Å². The molecule has 0 radical (unpaired) electrons. The van der Waals surface area contributed by atoms with Crippen molar-refractivity contribution in [2.24, 2.45) is 0 Å². The van der Waals surface area contributed by atoms with Crippen molar-refractivity contribution in [1.29, 1.82) is 0 Å². The fraction of sp³-hybridized carbons (Fsp3) is 0.400. The highest BCUT2D eigenvalue weighted by Crippen LogP contribution is 2.19. The number of likely N-dealkylation sites (tertiary alicyclic amines) is 1. The van der Waals surface area contributed by atoms with Gasteiger partial charge in [-0.3, -0.25) is 0 Å². The first-order valence-electron chi connectivity index (χ1n) is 6.41. The summed E-state index contributed by atoms with van der Waals surface area (Å²) in [6.07, 6.45) is 5.93. The van der Waals surface area contributed by atoms with Crippen molar-refractivity contribution in [2.45, 2.75) is 32.4 Å². The van der Waals surface area contributed by atoms with Gasteiger partial charge in [0.05, 0.1) is 6.04 Å². The standard InChI is InChI=1S/C15H19NO2/c1-2-7-14-10-6-11-16(14)15(17)18-12-13-8-4-3-5-9-13/h2-5,7-9,14H,6,10-12H2,1H3/t14-/m0/s1. The Labute approximate surface area is 108 Å². The molecule has 0 spiro atoms. The summed E-state index contributed by atoms with van der Waals surface area (Å²) < 4.78 is 5.34. The van der Waals surface area contributed by atoms with Crippen molar-refractivity contribution in [3.8, 4) is 0 Å². The molecule has 1 aliphatic rings. The first-order chi connectivity index (χ1) is 8.81. The Morgan fingerprint density at radius 3 is 2.94 bits per heavy atom. The highest BCUT2D eigenvalue weighted by molar-refractivity contribution is 5.68. The van der Waals surface area contributed by atoms with Crippen molar-refractivity contribution < 1.29 is 9.53 Å². The second-order valence-corrected chi connectivity index (χ2v) is 4.47. The van der Waals surface area contributed by atoms with Crippen LogP contribution in [0.4, 0.5) is 4.79 Å². The van der Waals surface area contributed by atoms with Crippen molar-refractivity contribution in [3.05, 3.63) is 48.0 Å². The number of rotatable bonds is 3. The maximum atomic E-state index is 12.0. The van der Waals surface area contributed by atoms with Crippen LogP contribution in [0, 0.1) is 0 Å². The first kappa shape index (κ1) is 12.7. The summed E-state index contributed by atoms with van der Waals surface area (Å²) in [4.78, 5) is 13.8. The Morgan fingerprint density at radius 2 is 2.22 bits per heavy atom. The third-order valence-electron chi connectivity index (χ3n) is 3.15. The van der Waals surface area contributed by atoms with E-state index in [0.29, 0.717) is 6.61 Å². The molecule has 1 amide bonds. The van der Waals surface area contributed by atoms with E-state index < -0.39 is 0 Å². The zero-order valence-corrected chi connectivity index (χ0v) is 10.7. The zero-order chi connectivity index (χ0) is 12.8. The minimum Gasteiger partial charge on any atom is -0.445 e. The molecule has 1 aromatic rings. The number of allylic oxidation sites excluding steroid dienone is 1. The van der Waals surface area contributed by atoms with Gasteiger partial charge in [0, 0.05) is 6.54 Å². The summed E-state index contributed by atoms with van der Waals surface area (Å²) in [6.45, 7) is 3.12. The van der Waals surface area contributed by atoms with Crippen LogP contribution in [0.1, 0.15) is 25.3 Å². The summed E-state index contributed by atoms with van der Waals surface area (Å²) >= 11 is 0. The molecule has 0 bridgehead atoms. The van der Waals surface area contributed by atoms with E-state index in [2.05, 4.69) is 6.08 Å². The van der Waals surface area contributed by atoms with E-state index in [1.165, 1.54) is 0 Å². The smallest absolute Gasteiger partial charge is 0.410 e. The average Bonchev–Trinajstić information content (AvgIpc) is 2.86. The number of nitrogens with zero attached hydrogens (tertiary/aromatic N) is 1. The van der Waals surface area contributed by atoms with Gasteiger partial charge in [0.1, 0.15) is 6.61 Å². The molecule has 18 heavy (non-hydrogen) atoms. The highest BCUT2D eigenvalue weighted by atomic mass is 16.6. The summed E-state index contributed by atoms with van der Waals surface area (Å²) in [6, 6.07) is 9.97. The Morgan fingerprint density at radius 1 is 1.44 bits per heavy atom. The van der Waals surface area contributed by atoms with Crippen molar-refractivity contribution in [2.75, 3.05) is 6.54 Å². The second-order valence-electron chi connectivity index (χ2n) is 4.47. The third kappa shape index (κ3) is 3.13. The van der Waals surface area contributed by atoms with E-state index in [-0.39, 0.29) is 12.1 Å². The molecule has 0 unspecified atom stereocenters. The van der Waals surface area contributed by atoms with Gasteiger partial charge in [-0.2, -0.15) is 0 Å². The molecule has 0 N–H and O–H groups in total. The van der Waals surface area contributed by atoms with Gasteiger partial charge in [-0.15, -0.1) is 0 Å². The lowest BCUT2D eigenvalue weighted by molar-refractivity contribution is 0.0975. The van der Waals surface area contributed by atoms with Crippen LogP contribution in [0.3, 0.4) is 0 Å². The van der Waals surface area contributed by atoms with E-state index in [9.17, 15) is 4.79 Å². The van der Waals surface area contributed by atoms with Gasteiger partial charge in [-0.25, -0.2) is 4.79 Å². The van der Waals surface area contributed by atoms with Gasteiger partial charge >= 0.3 is 6.09 Å². The van der Waals surface area contributed by atoms with Crippen molar-refractivity contribution >= 4 is 6.09 Å². The average molecular weight is 245 g/mol. The van der Waals surface area contributed by atoms with Gasteiger partial charge in [0.15, 0.2) is 0 Å². The van der Waals surface area contributed by atoms with Crippen LogP contribution in [0.25, 0.3) is 0 Å². The van der Waals surface area contributed by atoms with Crippen LogP contribution < -0.4 is 0 Å². The van der Waals surface area contributed by atoms with Crippen LogP contribution in [-0.2, 0) is 11.3 Å². The number of ether oxygens (including phenoxy) is 1. The molecule has 1 aliphatic heterocycles. The summed E-state index contributed by atoms with van der Waals surface area (Å²) in [7, 11) is 0. The Bertz CT molecular complexity index is 414. The topological polar surface area (TPSA) is 29.5 Å². The number of benzene rings is 1. The van der Waals surface area contributed by atoms with E-state index >= 15 is 0 Å². The third-order valence-corrected chi connectivity index (χ3v) is 3.15. The van der Waals surface area contributed by atoms with Crippen LogP contribution >= 0.6 is 0 Å². The molecule has 1 atom stereocenters. The lowest BCUT2D eigenvalue weighted by atomic mass is 10.2. The lowest BCUT2D eigenvalue weighted by Crippen LogP contribution is -2.34. The Kier molecular flexibility index (Phi) is 4.40. The lowest BCUT2D eigenvalue weighted by Gasteiger charge is -2.21. The number of amides is 1.